The van der Waals surface area contributed by atoms with Gasteiger partial charge in [0.25, 0.3) is 0 Å². The summed E-state index contributed by atoms with van der Waals surface area (Å²) in [6, 6.07) is 0.279. The Bertz CT molecular complexity index is 363. The highest BCUT2D eigenvalue weighted by molar-refractivity contribution is 7.99. The van der Waals surface area contributed by atoms with E-state index < -0.39 is 0 Å². The molecular formula is C12H22N4OS. The molecule has 6 heteroatoms. The van der Waals surface area contributed by atoms with Gasteiger partial charge in [-0.25, -0.2) is 4.98 Å². The van der Waals surface area contributed by atoms with Crippen molar-refractivity contribution in [1.82, 2.24) is 20.5 Å². The molecule has 0 atom stereocenters. The van der Waals surface area contributed by atoms with Crippen LogP contribution in [0.4, 0.5) is 0 Å². The Kier molecular flexibility index (Phi) is 6.78. The molecule has 0 radical (unpaired) electrons. The van der Waals surface area contributed by atoms with E-state index in [0.29, 0.717) is 10.9 Å². The topological polar surface area (TPSA) is 70.7 Å². The van der Waals surface area contributed by atoms with Crippen molar-refractivity contribution in [2.24, 2.45) is 0 Å². The van der Waals surface area contributed by atoms with Crippen LogP contribution in [0.2, 0.25) is 0 Å². The Morgan fingerprint density at radius 2 is 2.11 bits per heavy atom. The first-order valence-corrected chi connectivity index (χ1v) is 7.51. The Morgan fingerprint density at radius 3 is 2.72 bits per heavy atom. The quantitative estimate of drug-likeness (QED) is 0.710. The minimum atomic E-state index is 0.0514. The maximum Gasteiger partial charge on any atom is 0.230 e. The second kappa shape index (κ2) is 8.13. The molecule has 5 nitrogen and oxygen atoms in total. The van der Waals surface area contributed by atoms with Crippen LogP contribution < -0.4 is 5.32 Å². The smallest absolute Gasteiger partial charge is 0.230 e. The van der Waals surface area contributed by atoms with Crippen LogP contribution >= 0.6 is 11.8 Å². The Balaban J connectivity index is 2.32. The van der Waals surface area contributed by atoms with Crippen molar-refractivity contribution in [2.45, 2.75) is 57.7 Å². The maximum absolute atomic E-state index is 11.7. The number of amides is 1. The number of carbonyl (C=O) groups excluding carboxylic acids is 1. The van der Waals surface area contributed by atoms with E-state index in [2.05, 4.69) is 41.3 Å². The number of nitrogens with zero attached hydrogens (tertiary/aromatic N) is 2. The molecule has 0 aliphatic rings. The van der Waals surface area contributed by atoms with Gasteiger partial charge in [-0.3, -0.25) is 9.89 Å². The second-order valence-electron chi connectivity index (χ2n) is 4.18. The first-order valence-electron chi connectivity index (χ1n) is 6.52. The lowest BCUT2D eigenvalue weighted by atomic mass is 10.2. The van der Waals surface area contributed by atoms with E-state index in [1.165, 1.54) is 11.8 Å². The number of hydrogen-bond donors (Lipinski definition) is 2. The van der Waals surface area contributed by atoms with Crippen LogP contribution in [0.25, 0.3) is 0 Å². The molecular weight excluding hydrogens is 248 g/mol. The molecule has 1 aromatic rings. The van der Waals surface area contributed by atoms with Crippen molar-refractivity contribution in [3.05, 3.63) is 5.82 Å². The molecule has 1 aromatic heterocycles. The van der Waals surface area contributed by atoms with Crippen molar-refractivity contribution < 1.29 is 4.79 Å². The summed E-state index contributed by atoms with van der Waals surface area (Å²) in [6.07, 6.45) is 3.87. The molecule has 18 heavy (non-hydrogen) atoms. The average Bonchev–Trinajstić information content (AvgIpc) is 2.82. The maximum atomic E-state index is 11.7. The molecule has 0 bridgehead atoms. The first kappa shape index (κ1) is 15.0. The van der Waals surface area contributed by atoms with Crippen LogP contribution in [0.3, 0.4) is 0 Å². The van der Waals surface area contributed by atoms with E-state index in [0.717, 1.165) is 31.5 Å². The van der Waals surface area contributed by atoms with E-state index in [1.54, 1.807) is 0 Å². The number of nitrogens with one attached hydrogen (secondary N) is 2. The monoisotopic (exact) mass is 270 g/mol. The number of aromatic amines is 1. The van der Waals surface area contributed by atoms with Crippen LogP contribution in [-0.4, -0.2) is 32.9 Å². The van der Waals surface area contributed by atoms with Gasteiger partial charge in [-0.05, 0) is 19.3 Å². The summed E-state index contributed by atoms with van der Waals surface area (Å²) in [5, 5.41) is 10.6. The summed E-state index contributed by atoms with van der Waals surface area (Å²) in [7, 11) is 0. The highest BCUT2D eigenvalue weighted by Gasteiger charge is 2.10. The first-order chi connectivity index (χ1) is 8.69. The molecule has 0 aliphatic heterocycles. The van der Waals surface area contributed by atoms with E-state index in [1.807, 2.05) is 0 Å². The summed E-state index contributed by atoms with van der Waals surface area (Å²) in [5.41, 5.74) is 0. The molecule has 0 aliphatic carbocycles. The summed E-state index contributed by atoms with van der Waals surface area (Å²) in [4.78, 5) is 16.0. The van der Waals surface area contributed by atoms with Crippen LogP contribution in [0, 0.1) is 0 Å². The lowest BCUT2D eigenvalue weighted by molar-refractivity contribution is -0.119. The third kappa shape index (κ3) is 5.08. The van der Waals surface area contributed by atoms with Crippen molar-refractivity contribution >= 4 is 17.7 Å². The van der Waals surface area contributed by atoms with Crippen molar-refractivity contribution in [1.29, 1.82) is 0 Å². The van der Waals surface area contributed by atoms with E-state index in [9.17, 15) is 4.79 Å². The van der Waals surface area contributed by atoms with E-state index >= 15 is 0 Å². The van der Waals surface area contributed by atoms with E-state index in [4.69, 9.17) is 0 Å². The lowest BCUT2D eigenvalue weighted by Gasteiger charge is -2.13. The zero-order valence-electron chi connectivity index (χ0n) is 11.3. The van der Waals surface area contributed by atoms with Crippen molar-refractivity contribution in [3.8, 4) is 0 Å². The van der Waals surface area contributed by atoms with Gasteiger partial charge in [0.15, 0.2) is 0 Å². The summed E-state index contributed by atoms with van der Waals surface area (Å²) < 4.78 is 0. The summed E-state index contributed by atoms with van der Waals surface area (Å²) in [6.45, 7) is 6.25. The Labute approximate surface area is 113 Å². The fraction of sp³-hybridized carbons (Fsp3) is 0.750. The van der Waals surface area contributed by atoms with Crippen LogP contribution in [0.15, 0.2) is 5.16 Å². The number of aromatic nitrogens is 3. The largest absolute Gasteiger partial charge is 0.353 e. The minimum absolute atomic E-state index is 0.0514. The molecule has 1 rings (SSSR count). The normalized spacial score (nSPS) is 10.9. The minimum Gasteiger partial charge on any atom is -0.353 e. The number of hydrogen-bond acceptors (Lipinski definition) is 4. The van der Waals surface area contributed by atoms with Crippen molar-refractivity contribution in [2.75, 3.05) is 5.75 Å². The van der Waals surface area contributed by atoms with Gasteiger partial charge in [0, 0.05) is 12.5 Å². The molecule has 102 valence electrons. The van der Waals surface area contributed by atoms with Gasteiger partial charge in [0.1, 0.15) is 5.82 Å². The van der Waals surface area contributed by atoms with Gasteiger partial charge in [0.05, 0.1) is 5.75 Å². The molecule has 0 saturated heterocycles. The number of thioether (sulfide) groups is 1. The van der Waals surface area contributed by atoms with Crippen molar-refractivity contribution in [3.63, 3.8) is 0 Å². The number of rotatable bonds is 8. The van der Waals surface area contributed by atoms with Crippen LogP contribution in [0.1, 0.15) is 45.9 Å². The Morgan fingerprint density at radius 1 is 1.39 bits per heavy atom. The predicted molar refractivity (Wildman–Crippen MR) is 73.6 cm³/mol. The lowest BCUT2D eigenvalue weighted by Crippen LogP contribution is -2.35. The zero-order chi connectivity index (χ0) is 13.4. The standard InChI is InChI=1S/C12H22N4OS/c1-4-7-10-14-12(16-15-10)18-8-11(17)13-9(5-2)6-3/h9H,4-8H2,1-3H3,(H,13,17)(H,14,15,16). The molecule has 0 unspecified atom stereocenters. The third-order valence-corrected chi connectivity index (χ3v) is 3.53. The van der Waals surface area contributed by atoms with Gasteiger partial charge in [-0.1, -0.05) is 32.5 Å². The second-order valence-corrected chi connectivity index (χ2v) is 5.13. The van der Waals surface area contributed by atoms with E-state index in [-0.39, 0.29) is 11.9 Å². The van der Waals surface area contributed by atoms with Gasteiger partial charge >= 0.3 is 0 Å². The molecule has 2 N–H and O–H groups in total. The van der Waals surface area contributed by atoms with Gasteiger partial charge in [-0.15, -0.1) is 5.10 Å². The van der Waals surface area contributed by atoms with Crippen LogP contribution in [0.5, 0.6) is 0 Å². The fourth-order valence-corrected chi connectivity index (χ4v) is 2.21. The highest BCUT2D eigenvalue weighted by atomic mass is 32.2. The molecule has 0 aromatic carbocycles. The zero-order valence-corrected chi connectivity index (χ0v) is 12.1. The molecule has 0 saturated carbocycles. The molecule has 1 amide bonds. The number of aryl methyl sites for hydroxylation is 1. The summed E-state index contributed by atoms with van der Waals surface area (Å²) >= 11 is 1.37. The van der Waals surface area contributed by atoms with Crippen LogP contribution in [-0.2, 0) is 11.2 Å². The van der Waals surface area contributed by atoms with Gasteiger partial charge in [-0.2, -0.15) is 0 Å². The number of carbonyl (C=O) groups is 1. The Hall–Kier alpha value is -1.04. The average molecular weight is 270 g/mol. The predicted octanol–water partition coefficient (Wildman–Crippen LogP) is 2.15. The SMILES string of the molecule is CCCc1nc(SCC(=O)NC(CC)CC)n[nH]1. The highest BCUT2D eigenvalue weighted by Crippen LogP contribution is 2.12. The van der Waals surface area contributed by atoms with Gasteiger partial charge in [0.2, 0.25) is 11.1 Å². The molecule has 0 spiro atoms. The number of H-pyrrole nitrogens is 1. The summed E-state index contributed by atoms with van der Waals surface area (Å²) in [5.74, 6) is 1.32. The third-order valence-electron chi connectivity index (χ3n) is 2.68. The molecule has 1 heterocycles. The molecule has 0 fully saturated rings. The fourth-order valence-electron chi connectivity index (χ4n) is 1.58. The van der Waals surface area contributed by atoms with Gasteiger partial charge < -0.3 is 5.32 Å².